The molecular formula is C13H10BrNO2. The van der Waals surface area contributed by atoms with Crippen molar-refractivity contribution in [2.75, 3.05) is 0 Å². The number of nitrogens with zero attached hydrogens (tertiary/aromatic N) is 1. The van der Waals surface area contributed by atoms with E-state index in [1.165, 1.54) is 0 Å². The molecule has 0 radical (unpaired) electrons. The molecule has 0 saturated carbocycles. The molecule has 0 atom stereocenters. The van der Waals surface area contributed by atoms with E-state index in [4.69, 9.17) is 0 Å². The number of nitro benzene ring substituents is 1. The Labute approximate surface area is 107 Å². The van der Waals surface area contributed by atoms with Crippen LogP contribution in [0.1, 0.15) is 5.56 Å². The Hall–Kier alpha value is -1.68. The quantitative estimate of drug-likeness (QED) is 0.610. The third kappa shape index (κ3) is 2.53. The van der Waals surface area contributed by atoms with Gasteiger partial charge in [0.25, 0.3) is 5.69 Å². The molecule has 4 heteroatoms. The molecule has 0 aliphatic heterocycles. The van der Waals surface area contributed by atoms with Crippen molar-refractivity contribution in [1.29, 1.82) is 0 Å². The van der Waals surface area contributed by atoms with Gasteiger partial charge in [-0.15, -0.1) is 0 Å². The topological polar surface area (TPSA) is 43.1 Å². The molecule has 2 aromatic carbocycles. The molecule has 0 aliphatic carbocycles. The van der Waals surface area contributed by atoms with Gasteiger partial charge in [0.15, 0.2) is 0 Å². The Morgan fingerprint density at radius 2 is 1.65 bits per heavy atom. The fourth-order valence-corrected chi connectivity index (χ4v) is 1.89. The van der Waals surface area contributed by atoms with Crippen molar-refractivity contribution < 1.29 is 4.92 Å². The maximum Gasteiger partial charge on any atom is 0.272 e. The predicted octanol–water partition coefficient (Wildman–Crippen LogP) is 4.33. The summed E-state index contributed by atoms with van der Waals surface area (Å²) in [5, 5.41) is 10.9. The van der Waals surface area contributed by atoms with Crippen LogP contribution >= 0.6 is 15.9 Å². The summed E-state index contributed by atoms with van der Waals surface area (Å²) in [5.41, 5.74) is 2.66. The van der Waals surface area contributed by atoms with Crippen molar-refractivity contribution >= 4 is 21.6 Å². The first-order valence-corrected chi connectivity index (χ1v) is 5.88. The molecule has 0 spiro atoms. The summed E-state index contributed by atoms with van der Waals surface area (Å²) in [6, 6.07) is 13.0. The molecule has 2 aromatic rings. The van der Waals surface area contributed by atoms with Gasteiger partial charge in [-0.3, -0.25) is 10.1 Å². The Kier molecular flexibility index (Phi) is 3.24. The van der Waals surface area contributed by atoms with Crippen LogP contribution in [0.4, 0.5) is 5.69 Å². The summed E-state index contributed by atoms with van der Waals surface area (Å²) in [7, 11) is 0. The van der Waals surface area contributed by atoms with Crippen LogP contribution in [0.3, 0.4) is 0 Å². The van der Waals surface area contributed by atoms with Gasteiger partial charge < -0.3 is 0 Å². The molecule has 0 fully saturated rings. The molecule has 0 unspecified atom stereocenters. The highest BCUT2D eigenvalue weighted by Gasteiger charge is 2.11. The summed E-state index contributed by atoms with van der Waals surface area (Å²) in [5.74, 6) is 0. The fourth-order valence-electron chi connectivity index (χ4n) is 1.63. The van der Waals surface area contributed by atoms with Crippen molar-refractivity contribution in [2.45, 2.75) is 6.92 Å². The Bertz CT molecular complexity index is 564. The normalized spacial score (nSPS) is 10.2. The summed E-state index contributed by atoms with van der Waals surface area (Å²) < 4.78 is 0.989. The van der Waals surface area contributed by atoms with Gasteiger partial charge in [-0.2, -0.15) is 0 Å². The number of rotatable bonds is 2. The van der Waals surface area contributed by atoms with Crippen LogP contribution in [-0.2, 0) is 0 Å². The van der Waals surface area contributed by atoms with E-state index in [2.05, 4.69) is 15.9 Å². The summed E-state index contributed by atoms with van der Waals surface area (Å²) in [6.45, 7) is 1.74. The second-order valence-electron chi connectivity index (χ2n) is 3.77. The van der Waals surface area contributed by atoms with Gasteiger partial charge in [-0.05, 0) is 30.2 Å². The second kappa shape index (κ2) is 4.67. The van der Waals surface area contributed by atoms with E-state index >= 15 is 0 Å². The van der Waals surface area contributed by atoms with Gasteiger partial charge in [0, 0.05) is 16.1 Å². The standard InChI is InChI=1S/C13H10BrNO2/c1-9-2-3-11(8-13(9)15(16)17)10-4-6-12(14)7-5-10/h2-8H,1H3. The van der Waals surface area contributed by atoms with E-state index in [9.17, 15) is 10.1 Å². The highest BCUT2D eigenvalue weighted by atomic mass is 79.9. The van der Waals surface area contributed by atoms with Crippen molar-refractivity contribution in [3.05, 3.63) is 62.6 Å². The molecule has 0 N–H and O–H groups in total. The molecule has 2 rings (SSSR count). The molecule has 86 valence electrons. The molecule has 0 heterocycles. The van der Waals surface area contributed by atoms with E-state index in [-0.39, 0.29) is 10.6 Å². The van der Waals surface area contributed by atoms with Crippen LogP contribution in [0.2, 0.25) is 0 Å². The minimum absolute atomic E-state index is 0.158. The smallest absolute Gasteiger partial charge is 0.258 e. The van der Waals surface area contributed by atoms with Gasteiger partial charge in [0.05, 0.1) is 4.92 Å². The van der Waals surface area contributed by atoms with Crippen LogP contribution < -0.4 is 0 Å². The first kappa shape index (κ1) is 11.8. The number of halogens is 1. The SMILES string of the molecule is Cc1ccc(-c2ccc(Br)cc2)cc1[N+](=O)[O-]. The number of hydrogen-bond donors (Lipinski definition) is 0. The monoisotopic (exact) mass is 291 g/mol. The number of nitro groups is 1. The zero-order chi connectivity index (χ0) is 12.4. The van der Waals surface area contributed by atoms with E-state index in [0.717, 1.165) is 15.6 Å². The Morgan fingerprint density at radius 1 is 1.06 bits per heavy atom. The third-order valence-electron chi connectivity index (χ3n) is 2.58. The lowest BCUT2D eigenvalue weighted by atomic mass is 10.0. The number of aryl methyl sites for hydroxylation is 1. The lowest BCUT2D eigenvalue weighted by Gasteiger charge is -2.03. The van der Waals surface area contributed by atoms with Crippen molar-refractivity contribution in [1.82, 2.24) is 0 Å². The second-order valence-corrected chi connectivity index (χ2v) is 4.68. The van der Waals surface area contributed by atoms with Gasteiger partial charge >= 0.3 is 0 Å². The molecule has 0 aromatic heterocycles. The molecule has 0 bridgehead atoms. The van der Waals surface area contributed by atoms with Crippen LogP contribution in [0.25, 0.3) is 11.1 Å². The van der Waals surface area contributed by atoms with Crippen LogP contribution in [0.5, 0.6) is 0 Å². The Morgan fingerprint density at radius 3 is 2.24 bits per heavy atom. The van der Waals surface area contributed by atoms with Gasteiger partial charge in [0.2, 0.25) is 0 Å². The van der Waals surface area contributed by atoms with Gasteiger partial charge in [-0.25, -0.2) is 0 Å². The Balaban J connectivity index is 2.50. The molecule has 0 saturated heterocycles. The van der Waals surface area contributed by atoms with E-state index in [1.807, 2.05) is 30.3 Å². The van der Waals surface area contributed by atoms with E-state index in [0.29, 0.717) is 5.56 Å². The highest BCUT2D eigenvalue weighted by Crippen LogP contribution is 2.27. The molecular weight excluding hydrogens is 282 g/mol. The molecule has 3 nitrogen and oxygen atoms in total. The zero-order valence-electron chi connectivity index (χ0n) is 9.18. The highest BCUT2D eigenvalue weighted by molar-refractivity contribution is 9.10. The van der Waals surface area contributed by atoms with Gasteiger partial charge in [0.1, 0.15) is 0 Å². The van der Waals surface area contributed by atoms with Crippen molar-refractivity contribution in [3.63, 3.8) is 0 Å². The van der Waals surface area contributed by atoms with Crippen molar-refractivity contribution in [3.8, 4) is 11.1 Å². The fraction of sp³-hybridized carbons (Fsp3) is 0.0769. The van der Waals surface area contributed by atoms with Crippen molar-refractivity contribution in [2.24, 2.45) is 0 Å². The summed E-state index contributed by atoms with van der Waals surface area (Å²) >= 11 is 3.36. The maximum absolute atomic E-state index is 10.9. The van der Waals surface area contributed by atoms with Crippen LogP contribution in [0.15, 0.2) is 46.9 Å². The lowest BCUT2D eigenvalue weighted by molar-refractivity contribution is -0.385. The van der Waals surface area contributed by atoms with E-state index < -0.39 is 0 Å². The third-order valence-corrected chi connectivity index (χ3v) is 3.11. The zero-order valence-corrected chi connectivity index (χ0v) is 10.8. The minimum atomic E-state index is -0.350. The average Bonchev–Trinajstić information content (AvgIpc) is 2.30. The van der Waals surface area contributed by atoms with Gasteiger partial charge in [-0.1, -0.05) is 40.2 Å². The maximum atomic E-state index is 10.9. The van der Waals surface area contributed by atoms with E-state index in [1.54, 1.807) is 19.1 Å². The largest absolute Gasteiger partial charge is 0.272 e. The molecule has 0 amide bonds. The number of benzene rings is 2. The van der Waals surface area contributed by atoms with Crippen LogP contribution in [0, 0.1) is 17.0 Å². The number of hydrogen-bond acceptors (Lipinski definition) is 2. The first-order chi connectivity index (χ1) is 8.08. The minimum Gasteiger partial charge on any atom is -0.258 e. The first-order valence-electron chi connectivity index (χ1n) is 5.09. The predicted molar refractivity (Wildman–Crippen MR) is 71.0 cm³/mol. The average molecular weight is 292 g/mol. The van der Waals surface area contributed by atoms with Crippen LogP contribution in [-0.4, -0.2) is 4.92 Å². The summed E-state index contributed by atoms with van der Waals surface area (Å²) in [4.78, 5) is 10.5. The summed E-state index contributed by atoms with van der Waals surface area (Å²) in [6.07, 6.45) is 0. The lowest BCUT2D eigenvalue weighted by Crippen LogP contribution is -1.92. The molecule has 0 aliphatic rings. The molecule has 17 heavy (non-hydrogen) atoms.